The normalized spacial score (nSPS) is 17.2. The highest BCUT2D eigenvalue weighted by Gasteiger charge is 2.37. The van der Waals surface area contributed by atoms with Crippen LogP contribution >= 0.6 is 35.7 Å². The predicted molar refractivity (Wildman–Crippen MR) is 104 cm³/mol. The first-order chi connectivity index (χ1) is 12.0. The zero-order chi connectivity index (χ0) is 18.4. The Kier molecular flexibility index (Phi) is 7.34. The maximum Gasteiger partial charge on any atom is 0.266 e. The van der Waals surface area contributed by atoms with E-state index >= 15 is 0 Å². The van der Waals surface area contributed by atoms with E-state index in [1.165, 1.54) is 11.8 Å². The fraction of sp³-hybridized carbons (Fsp3) is 0.353. The summed E-state index contributed by atoms with van der Waals surface area (Å²) in [7, 11) is 0. The highest BCUT2D eigenvalue weighted by atomic mass is 32.2. The Balaban J connectivity index is 2.24. The molecule has 1 saturated heterocycles. The van der Waals surface area contributed by atoms with Gasteiger partial charge >= 0.3 is 0 Å². The van der Waals surface area contributed by atoms with Crippen LogP contribution in [0.2, 0.25) is 0 Å². The Morgan fingerprint density at radius 3 is 2.92 bits per heavy atom. The highest BCUT2D eigenvalue weighted by molar-refractivity contribution is 8.26. The fourth-order valence-corrected chi connectivity index (χ4v) is 4.16. The van der Waals surface area contributed by atoms with E-state index in [-0.39, 0.29) is 4.32 Å². The van der Waals surface area contributed by atoms with Crippen LogP contribution in [0.4, 0.5) is 0 Å². The first kappa shape index (κ1) is 19.8. The summed E-state index contributed by atoms with van der Waals surface area (Å²) in [5.41, 5.74) is 0.792. The molecule has 0 aromatic heterocycles. The summed E-state index contributed by atoms with van der Waals surface area (Å²) in [6, 6.07) is 6.29. The first-order valence-electron chi connectivity index (χ1n) is 7.67. The molecular formula is C17H18NO4S3-. The lowest BCUT2D eigenvalue weighted by Crippen LogP contribution is -2.50. The van der Waals surface area contributed by atoms with Crippen LogP contribution in [0, 0.1) is 0 Å². The van der Waals surface area contributed by atoms with E-state index in [9.17, 15) is 14.7 Å². The maximum absolute atomic E-state index is 12.7. The Morgan fingerprint density at radius 2 is 2.28 bits per heavy atom. The molecule has 0 aliphatic carbocycles. The zero-order valence-electron chi connectivity index (χ0n) is 13.9. The van der Waals surface area contributed by atoms with Gasteiger partial charge in [-0.1, -0.05) is 36.1 Å². The van der Waals surface area contributed by atoms with Crippen LogP contribution in [0.3, 0.4) is 0 Å². The van der Waals surface area contributed by atoms with Crippen molar-refractivity contribution in [1.82, 2.24) is 4.90 Å². The lowest BCUT2D eigenvalue weighted by atomic mass is 10.1. The van der Waals surface area contributed by atoms with Crippen LogP contribution in [-0.2, 0) is 9.59 Å². The molecule has 0 spiro atoms. The minimum Gasteiger partial charge on any atom is -0.548 e. The topological polar surface area (TPSA) is 69.7 Å². The summed E-state index contributed by atoms with van der Waals surface area (Å²) in [6.45, 7) is 2.45. The number of hydrogen-bond acceptors (Lipinski definition) is 7. The number of benzene rings is 1. The number of carbonyl (C=O) groups is 2. The summed E-state index contributed by atoms with van der Waals surface area (Å²) in [5, 5.41) is 11.4. The Labute approximate surface area is 160 Å². The Hall–Kier alpha value is -1.51. The first-order valence-corrected chi connectivity index (χ1v) is 10.3. The van der Waals surface area contributed by atoms with Gasteiger partial charge in [-0.3, -0.25) is 9.69 Å². The van der Waals surface area contributed by atoms with Crippen LogP contribution in [-0.4, -0.2) is 45.8 Å². The molecule has 0 radical (unpaired) electrons. The minimum absolute atomic E-state index is 0.243. The molecule has 1 aromatic carbocycles. The summed E-state index contributed by atoms with van der Waals surface area (Å²) >= 11 is 7.84. The third-order valence-electron chi connectivity index (χ3n) is 3.47. The molecule has 134 valence electrons. The summed E-state index contributed by atoms with van der Waals surface area (Å²) in [5.74, 6) is -0.373. The monoisotopic (exact) mass is 396 g/mol. The van der Waals surface area contributed by atoms with Crippen LogP contribution in [0.1, 0.15) is 18.9 Å². The largest absolute Gasteiger partial charge is 0.548 e. The quantitative estimate of drug-likeness (QED) is 0.493. The number of carbonyl (C=O) groups excluding carboxylic acids is 2. The third-order valence-corrected chi connectivity index (χ3v) is 5.44. The van der Waals surface area contributed by atoms with Crippen LogP contribution < -0.4 is 9.84 Å². The summed E-state index contributed by atoms with van der Waals surface area (Å²) in [6.07, 6.45) is 3.87. The standard InChI is InChI=1S/C17H19NO4S3/c1-3-22-12-6-4-5-11(9-12)10-14-15(19)18(17(23)25-14)13(16(20)21)7-8-24-2/h4-6,9-10,13H,3,7-8H2,1-2H3,(H,20,21)/p-1/b14-10+/t13-/m0/s1. The second-order valence-corrected chi connectivity index (χ2v) is 7.83. The van der Waals surface area contributed by atoms with Gasteiger partial charge in [-0.2, -0.15) is 11.8 Å². The van der Waals surface area contributed by atoms with Gasteiger partial charge in [0, 0.05) is 0 Å². The SMILES string of the molecule is CCOc1cccc(/C=C2/SC(=S)N([C@@H](CCSC)C(=O)[O-])C2=O)c1. The van der Waals surface area contributed by atoms with E-state index in [1.54, 1.807) is 6.08 Å². The molecule has 1 amide bonds. The number of thiocarbonyl (C=S) groups is 1. The molecule has 2 rings (SSSR count). The number of carboxylic acid groups (broad SMARTS) is 1. The van der Waals surface area contributed by atoms with E-state index in [0.29, 0.717) is 29.4 Å². The van der Waals surface area contributed by atoms with E-state index in [0.717, 1.165) is 22.2 Å². The summed E-state index contributed by atoms with van der Waals surface area (Å²) < 4.78 is 5.69. The van der Waals surface area contributed by atoms with Gasteiger partial charge in [0.2, 0.25) is 0 Å². The molecule has 1 heterocycles. The lowest BCUT2D eigenvalue weighted by molar-refractivity contribution is -0.310. The smallest absolute Gasteiger partial charge is 0.266 e. The molecule has 25 heavy (non-hydrogen) atoms. The average Bonchev–Trinajstić information content (AvgIpc) is 2.83. The van der Waals surface area contributed by atoms with Crippen molar-refractivity contribution in [2.45, 2.75) is 19.4 Å². The fourth-order valence-electron chi connectivity index (χ4n) is 2.34. The van der Waals surface area contributed by atoms with Crippen molar-refractivity contribution >= 4 is 58.0 Å². The molecule has 1 aromatic rings. The molecule has 1 aliphatic rings. The van der Waals surface area contributed by atoms with E-state index < -0.39 is 17.9 Å². The molecule has 5 nitrogen and oxygen atoms in total. The zero-order valence-corrected chi connectivity index (χ0v) is 16.3. The van der Waals surface area contributed by atoms with Crippen molar-refractivity contribution in [1.29, 1.82) is 0 Å². The molecule has 0 unspecified atom stereocenters. The van der Waals surface area contributed by atoms with E-state index in [4.69, 9.17) is 17.0 Å². The molecule has 1 aliphatic heterocycles. The van der Waals surface area contributed by atoms with Crippen molar-refractivity contribution in [3.8, 4) is 5.75 Å². The molecule has 0 saturated carbocycles. The number of rotatable bonds is 8. The van der Waals surface area contributed by atoms with Crippen molar-refractivity contribution in [3.63, 3.8) is 0 Å². The van der Waals surface area contributed by atoms with Gasteiger partial charge in [0.15, 0.2) is 0 Å². The van der Waals surface area contributed by atoms with Crippen molar-refractivity contribution in [2.24, 2.45) is 0 Å². The van der Waals surface area contributed by atoms with Gasteiger partial charge in [-0.15, -0.1) is 0 Å². The molecule has 1 fully saturated rings. The van der Waals surface area contributed by atoms with Crippen LogP contribution in [0.5, 0.6) is 5.75 Å². The Bertz CT molecular complexity index is 705. The second-order valence-electron chi connectivity index (χ2n) is 5.17. The molecule has 0 N–H and O–H groups in total. The van der Waals surface area contributed by atoms with Gasteiger partial charge in [0.05, 0.1) is 23.5 Å². The van der Waals surface area contributed by atoms with Crippen LogP contribution in [0.25, 0.3) is 6.08 Å². The highest BCUT2D eigenvalue weighted by Crippen LogP contribution is 2.35. The molecule has 8 heteroatoms. The Morgan fingerprint density at radius 1 is 1.52 bits per heavy atom. The number of nitrogens with zero attached hydrogens (tertiary/aromatic N) is 1. The van der Waals surface area contributed by atoms with Gasteiger partial charge in [0.25, 0.3) is 5.91 Å². The number of hydrogen-bond donors (Lipinski definition) is 0. The average molecular weight is 397 g/mol. The number of carboxylic acids is 1. The molecular weight excluding hydrogens is 378 g/mol. The third kappa shape index (κ3) is 4.99. The predicted octanol–water partition coefficient (Wildman–Crippen LogP) is 2.16. The second kappa shape index (κ2) is 9.26. The van der Waals surface area contributed by atoms with E-state index in [2.05, 4.69) is 0 Å². The molecule has 0 bridgehead atoms. The lowest BCUT2D eigenvalue weighted by Gasteiger charge is -2.27. The van der Waals surface area contributed by atoms with Crippen molar-refractivity contribution in [2.75, 3.05) is 18.6 Å². The van der Waals surface area contributed by atoms with Crippen molar-refractivity contribution < 1.29 is 19.4 Å². The van der Waals surface area contributed by atoms with Gasteiger partial charge < -0.3 is 14.6 Å². The summed E-state index contributed by atoms with van der Waals surface area (Å²) in [4.78, 5) is 25.7. The van der Waals surface area contributed by atoms with Gasteiger partial charge in [-0.25, -0.2) is 0 Å². The molecule has 1 atom stereocenters. The van der Waals surface area contributed by atoms with Gasteiger partial charge in [-0.05, 0) is 49.1 Å². The number of ether oxygens (including phenoxy) is 1. The number of aliphatic carboxylic acids is 1. The van der Waals surface area contributed by atoms with Gasteiger partial charge in [0.1, 0.15) is 10.1 Å². The number of thioether (sulfide) groups is 2. The maximum atomic E-state index is 12.7. The number of amides is 1. The van der Waals surface area contributed by atoms with E-state index in [1.807, 2.05) is 37.4 Å². The minimum atomic E-state index is -1.29. The van der Waals surface area contributed by atoms with Crippen LogP contribution in [0.15, 0.2) is 29.2 Å². The van der Waals surface area contributed by atoms with Crippen molar-refractivity contribution in [3.05, 3.63) is 34.7 Å².